The van der Waals surface area contributed by atoms with Gasteiger partial charge in [0.05, 0.1) is 11.3 Å². The Hall–Kier alpha value is -2.63. The number of carbonyl (C=O) groups is 2. The third-order valence-corrected chi connectivity index (χ3v) is 3.26. The number of rotatable bonds is 5. The third kappa shape index (κ3) is 4.18. The van der Waals surface area contributed by atoms with Gasteiger partial charge in [-0.3, -0.25) is 4.79 Å². The molecule has 2 rings (SSSR count). The number of hydrogen-bond acceptors (Lipinski definition) is 4. The summed E-state index contributed by atoms with van der Waals surface area (Å²) in [5.41, 5.74) is 2.25. The number of nitrogens with zero attached hydrogens (tertiary/aromatic N) is 2. The monoisotopic (exact) mass is 315 g/mol. The number of esters is 1. The van der Waals surface area contributed by atoms with E-state index in [9.17, 15) is 9.59 Å². The summed E-state index contributed by atoms with van der Waals surface area (Å²) < 4.78 is 6.95. The van der Waals surface area contributed by atoms with Crippen LogP contribution in [0.5, 0.6) is 0 Å². The molecule has 0 aliphatic heterocycles. The van der Waals surface area contributed by atoms with E-state index in [1.807, 2.05) is 26.8 Å². The van der Waals surface area contributed by atoms with Gasteiger partial charge < -0.3 is 10.1 Å². The van der Waals surface area contributed by atoms with Crippen molar-refractivity contribution in [3.63, 3.8) is 0 Å². The van der Waals surface area contributed by atoms with E-state index in [-0.39, 0.29) is 11.9 Å². The predicted molar refractivity (Wildman–Crippen MR) is 86.5 cm³/mol. The number of hydrogen-bond donors (Lipinski definition) is 1. The van der Waals surface area contributed by atoms with Gasteiger partial charge in [-0.25, -0.2) is 9.48 Å². The fraction of sp³-hybridized carbons (Fsp3) is 0.353. The maximum atomic E-state index is 12.1. The van der Waals surface area contributed by atoms with Gasteiger partial charge >= 0.3 is 5.97 Å². The van der Waals surface area contributed by atoms with Gasteiger partial charge in [-0.15, -0.1) is 0 Å². The number of amides is 1. The summed E-state index contributed by atoms with van der Waals surface area (Å²) in [6, 6.07) is 8.79. The topological polar surface area (TPSA) is 73.2 Å². The Morgan fingerprint density at radius 3 is 2.30 bits per heavy atom. The van der Waals surface area contributed by atoms with Crippen LogP contribution in [0.4, 0.5) is 0 Å². The van der Waals surface area contributed by atoms with Crippen molar-refractivity contribution < 1.29 is 14.3 Å². The Bertz CT molecular complexity index is 689. The van der Waals surface area contributed by atoms with Gasteiger partial charge in [0.15, 0.2) is 6.10 Å². The first-order chi connectivity index (χ1) is 10.9. The van der Waals surface area contributed by atoms with Crippen molar-refractivity contribution in [3.8, 4) is 5.69 Å². The number of ether oxygens (including phenoxy) is 1. The quantitative estimate of drug-likeness (QED) is 0.859. The number of aryl methyl sites for hydroxylation is 1. The van der Waals surface area contributed by atoms with Crippen LogP contribution in [-0.2, 0) is 9.53 Å². The fourth-order valence-corrected chi connectivity index (χ4v) is 2.06. The molecule has 0 unspecified atom stereocenters. The summed E-state index contributed by atoms with van der Waals surface area (Å²) in [7, 11) is 0. The summed E-state index contributed by atoms with van der Waals surface area (Å²) >= 11 is 0. The van der Waals surface area contributed by atoms with Gasteiger partial charge in [-0.2, -0.15) is 5.10 Å². The molecule has 2 aromatic rings. The molecule has 23 heavy (non-hydrogen) atoms. The van der Waals surface area contributed by atoms with E-state index >= 15 is 0 Å². The maximum absolute atomic E-state index is 12.1. The second-order valence-electron chi connectivity index (χ2n) is 5.64. The molecule has 0 aliphatic rings. The van der Waals surface area contributed by atoms with Crippen LogP contribution in [0, 0.1) is 6.92 Å². The lowest BCUT2D eigenvalue weighted by atomic mass is 10.2. The van der Waals surface area contributed by atoms with E-state index in [0.29, 0.717) is 5.56 Å². The van der Waals surface area contributed by atoms with Crippen molar-refractivity contribution in [1.29, 1.82) is 0 Å². The zero-order valence-corrected chi connectivity index (χ0v) is 13.7. The minimum absolute atomic E-state index is 0.000228. The largest absolute Gasteiger partial charge is 0.449 e. The first kappa shape index (κ1) is 16.7. The van der Waals surface area contributed by atoms with Gasteiger partial charge in [0.1, 0.15) is 0 Å². The minimum Gasteiger partial charge on any atom is -0.449 e. The van der Waals surface area contributed by atoms with Crippen LogP contribution in [0.15, 0.2) is 36.5 Å². The lowest BCUT2D eigenvalue weighted by Crippen LogP contribution is -2.39. The average Bonchev–Trinajstić information content (AvgIpc) is 2.92. The van der Waals surface area contributed by atoms with Crippen molar-refractivity contribution >= 4 is 11.9 Å². The summed E-state index contributed by atoms with van der Waals surface area (Å²) in [6.07, 6.45) is 0.880. The summed E-state index contributed by atoms with van der Waals surface area (Å²) in [5, 5.41) is 6.91. The molecule has 6 nitrogen and oxygen atoms in total. The highest BCUT2D eigenvalue weighted by atomic mass is 16.5. The molecular weight excluding hydrogens is 294 g/mol. The van der Waals surface area contributed by atoms with Gasteiger partial charge in [-0.05, 0) is 58.0 Å². The fourth-order valence-electron chi connectivity index (χ4n) is 2.06. The summed E-state index contributed by atoms with van der Waals surface area (Å²) in [5.74, 6) is -0.836. The molecule has 0 radical (unpaired) electrons. The van der Waals surface area contributed by atoms with Crippen LogP contribution in [0.3, 0.4) is 0 Å². The molecule has 122 valence electrons. The molecule has 1 N–H and O–H groups in total. The zero-order valence-electron chi connectivity index (χ0n) is 13.7. The number of benzene rings is 1. The van der Waals surface area contributed by atoms with Gasteiger partial charge in [-0.1, -0.05) is 0 Å². The standard InChI is InChI=1S/C17H21N3O3/c1-11(2)19-16(21)13(4)23-17(22)14-5-7-15(8-6-14)20-12(3)9-10-18-20/h5-11,13H,1-4H3,(H,19,21)/t13-/m1/s1. The van der Waals surface area contributed by atoms with E-state index in [4.69, 9.17) is 4.74 Å². The highest BCUT2D eigenvalue weighted by Crippen LogP contribution is 2.12. The van der Waals surface area contributed by atoms with Gasteiger partial charge in [0.2, 0.25) is 0 Å². The maximum Gasteiger partial charge on any atom is 0.338 e. The Labute approximate surface area is 135 Å². The number of nitrogens with one attached hydrogen (secondary N) is 1. The summed E-state index contributed by atoms with van der Waals surface area (Å²) in [4.78, 5) is 23.9. The second-order valence-corrected chi connectivity index (χ2v) is 5.64. The molecule has 1 amide bonds. The van der Waals surface area contributed by atoms with Crippen molar-refractivity contribution in [2.45, 2.75) is 39.8 Å². The molecule has 6 heteroatoms. The van der Waals surface area contributed by atoms with Crippen molar-refractivity contribution in [1.82, 2.24) is 15.1 Å². The lowest BCUT2D eigenvalue weighted by Gasteiger charge is -2.15. The SMILES string of the molecule is Cc1ccnn1-c1ccc(C(=O)O[C@H](C)C(=O)NC(C)C)cc1. The lowest BCUT2D eigenvalue weighted by molar-refractivity contribution is -0.129. The average molecular weight is 315 g/mol. The molecule has 0 saturated carbocycles. The van der Waals surface area contributed by atoms with E-state index in [1.54, 1.807) is 42.1 Å². The molecule has 0 spiro atoms. The van der Waals surface area contributed by atoms with Crippen molar-refractivity contribution in [2.75, 3.05) is 0 Å². The van der Waals surface area contributed by atoms with E-state index in [1.165, 1.54) is 0 Å². The molecule has 0 aliphatic carbocycles. The Kier molecular flexibility index (Phi) is 5.16. The minimum atomic E-state index is -0.835. The van der Waals surface area contributed by atoms with E-state index < -0.39 is 12.1 Å². The normalized spacial score (nSPS) is 12.0. The molecule has 0 fully saturated rings. The molecule has 1 heterocycles. The van der Waals surface area contributed by atoms with Gasteiger partial charge in [0.25, 0.3) is 5.91 Å². The van der Waals surface area contributed by atoms with Crippen LogP contribution >= 0.6 is 0 Å². The number of aromatic nitrogens is 2. The highest BCUT2D eigenvalue weighted by Gasteiger charge is 2.19. The zero-order chi connectivity index (χ0) is 17.0. The van der Waals surface area contributed by atoms with Gasteiger partial charge in [0, 0.05) is 17.9 Å². The molecule has 1 aromatic carbocycles. The highest BCUT2D eigenvalue weighted by molar-refractivity contribution is 5.92. The Morgan fingerprint density at radius 2 is 1.78 bits per heavy atom. The van der Waals surface area contributed by atoms with Crippen LogP contribution < -0.4 is 5.32 Å². The molecular formula is C17H21N3O3. The molecule has 1 aromatic heterocycles. The molecule has 1 atom stereocenters. The second kappa shape index (κ2) is 7.09. The van der Waals surface area contributed by atoms with Crippen LogP contribution in [0.2, 0.25) is 0 Å². The van der Waals surface area contributed by atoms with Crippen LogP contribution in [-0.4, -0.2) is 33.8 Å². The van der Waals surface area contributed by atoms with E-state index in [0.717, 1.165) is 11.4 Å². The third-order valence-electron chi connectivity index (χ3n) is 3.26. The Morgan fingerprint density at radius 1 is 1.13 bits per heavy atom. The first-order valence-electron chi connectivity index (χ1n) is 7.51. The van der Waals surface area contributed by atoms with Crippen molar-refractivity contribution in [2.24, 2.45) is 0 Å². The number of carbonyl (C=O) groups excluding carboxylic acids is 2. The molecule has 0 saturated heterocycles. The first-order valence-corrected chi connectivity index (χ1v) is 7.51. The van der Waals surface area contributed by atoms with E-state index in [2.05, 4.69) is 10.4 Å². The Balaban J connectivity index is 2.03. The summed E-state index contributed by atoms with van der Waals surface area (Å²) in [6.45, 7) is 7.20. The van der Waals surface area contributed by atoms with Crippen molar-refractivity contribution in [3.05, 3.63) is 47.8 Å². The molecule has 0 bridgehead atoms. The van der Waals surface area contributed by atoms with Crippen LogP contribution in [0.1, 0.15) is 36.8 Å². The smallest absolute Gasteiger partial charge is 0.338 e. The predicted octanol–water partition coefficient (Wildman–Crippen LogP) is 2.25. The van der Waals surface area contributed by atoms with Crippen LogP contribution in [0.25, 0.3) is 5.69 Å².